The molecule has 1 heteroatoms. The van der Waals surface area contributed by atoms with Crippen LogP contribution in [0.15, 0.2) is 24.3 Å². The van der Waals surface area contributed by atoms with Gasteiger partial charge in [-0.3, -0.25) is 4.79 Å². The SMILES string of the molecule is C[CH]c1ccccc1C(=O)CC. The molecule has 0 atom stereocenters. The third-order valence-electron chi connectivity index (χ3n) is 1.89. The van der Waals surface area contributed by atoms with Crippen LogP contribution in [0.3, 0.4) is 0 Å². The van der Waals surface area contributed by atoms with Gasteiger partial charge in [-0.05, 0) is 12.0 Å². The molecule has 0 aliphatic heterocycles. The Morgan fingerprint density at radius 3 is 2.67 bits per heavy atom. The third-order valence-corrected chi connectivity index (χ3v) is 1.89. The third kappa shape index (κ3) is 1.73. The zero-order valence-electron chi connectivity index (χ0n) is 7.50. The molecule has 0 heterocycles. The van der Waals surface area contributed by atoms with E-state index in [0.29, 0.717) is 6.42 Å². The molecule has 0 amide bonds. The molecule has 0 aliphatic rings. The van der Waals surface area contributed by atoms with Crippen molar-refractivity contribution in [3.05, 3.63) is 41.8 Å². The number of hydrogen-bond acceptors (Lipinski definition) is 1. The maximum Gasteiger partial charge on any atom is 0.162 e. The minimum atomic E-state index is 0.212. The Kier molecular flexibility index (Phi) is 3.03. The summed E-state index contributed by atoms with van der Waals surface area (Å²) >= 11 is 0. The van der Waals surface area contributed by atoms with Crippen LogP contribution in [0.5, 0.6) is 0 Å². The summed E-state index contributed by atoms with van der Waals surface area (Å²) in [5.74, 6) is 0.212. The van der Waals surface area contributed by atoms with Crippen molar-refractivity contribution < 1.29 is 4.79 Å². The highest BCUT2D eigenvalue weighted by Crippen LogP contribution is 2.12. The molecule has 0 unspecified atom stereocenters. The van der Waals surface area contributed by atoms with E-state index in [1.54, 1.807) is 0 Å². The fourth-order valence-electron chi connectivity index (χ4n) is 1.19. The van der Waals surface area contributed by atoms with Crippen LogP contribution >= 0.6 is 0 Å². The number of benzene rings is 1. The fraction of sp³-hybridized carbons (Fsp3) is 0.273. The van der Waals surface area contributed by atoms with Crippen LogP contribution in [0.1, 0.15) is 36.2 Å². The van der Waals surface area contributed by atoms with E-state index in [-0.39, 0.29) is 5.78 Å². The lowest BCUT2D eigenvalue weighted by atomic mass is 10.0. The van der Waals surface area contributed by atoms with Crippen molar-refractivity contribution in [1.82, 2.24) is 0 Å². The van der Waals surface area contributed by atoms with E-state index in [9.17, 15) is 4.79 Å². The predicted octanol–water partition coefficient (Wildman–Crippen LogP) is 2.85. The van der Waals surface area contributed by atoms with Crippen molar-refractivity contribution in [1.29, 1.82) is 0 Å². The van der Waals surface area contributed by atoms with Gasteiger partial charge >= 0.3 is 0 Å². The van der Waals surface area contributed by atoms with Gasteiger partial charge in [0.1, 0.15) is 0 Å². The van der Waals surface area contributed by atoms with Gasteiger partial charge in [0.25, 0.3) is 0 Å². The second-order valence-electron chi connectivity index (χ2n) is 2.65. The first-order valence-electron chi connectivity index (χ1n) is 4.21. The van der Waals surface area contributed by atoms with Crippen LogP contribution in [0.25, 0.3) is 0 Å². The van der Waals surface area contributed by atoms with Gasteiger partial charge in [-0.1, -0.05) is 38.1 Å². The highest BCUT2D eigenvalue weighted by atomic mass is 16.1. The Bertz CT molecular complexity index is 276. The first-order valence-corrected chi connectivity index (χ1v) is 4.21. The zero-order chi connectivity index (χ0) is 8.97. The normalized spacial score (nSPS) is 9.83. The van der Waals surface area contributed by atoms with E-state index in [1.807, 2.05) is 44.5 Å². The molecule has 1 nitrogen and oxygen atoms in total. The topological polar surface area (TPSA) is 17.1 Å². The average molecular weight is 161 g/mol. The van der Waals surface area contributed by atoms with Crippen molar-refractivity contribution in [3.63, 3.8) is 0 Å². The van der Waals surface area contributed by atoms with E-state index >= 15 is 0 Å². The van der Waals surface area contributed by atoms with Crippen molar-refractivity contribution in [2.24, 2.45) is 0 Å². The van der Waals surface area contributed by atoms with Gasteiger partial charge in [0.2, 0.25) is 0 Å². The summed E-state index contributed by atoms with van der Waals surface area (Å²) in [5.41, 5.74) is 1.87. The van der Waals surface area contributed by atoms with Gasteiger partial charge in [0.05, 0.1) is 0 Å². The molecule has 0 spiro atoms. The van der Waals surface area contributed by atoms with Crippen molar-refractivity contribution >= 4 is 5.78 Å². The second-order valence-corrected chi connectivity index (χ2v) is 2.65. The van der Waals surface area contributed by atoms with Crippen LogP contribution in [-0.4, -0.2) is 5.78 Å². The molecule has 0 bridgehead atoms. The molecular weight excluding hydrogens is 148 g/mol. The molecule has 0 saturated carbocycles. The lowest BCUT2D eigenvalue weighted by molar-refractivity contribution is 0.0987. The predicted molar refractivity (Wildman–Crippen MR) is 50.1 cm³/mol. The smallest absolute Gasteiger partial charge is 0.162 e. The van der Waals surface area contributed by atoms with E-state index in [4.69, 9.17) is 0 Å². The summed E-state index contributed by atoms with van der Waals surface area (Å²) in [6.45, 7) is 3.83. The van der Waals surface area contributed by atoms with Crippen molar-refractivity contribution in [3.8, 4) is 0 Å². The van der Waals surface area contributed by atoms with E-state index in [1.165, 1.54) is 0 Å². The molecule has 0 saturated heterocycles. The summed E-state index contributed by atoms with van der Waals surface area (Å²) < 4.78 is 0. The second kappa shape index (κ2) is 4.05. The molecule has 0 N–H and O–H groups in total. The van der Waals surface area contributed by atoms with Crippen LogP contribution in [0, 0.1) is 6.42 Å². The minimum Gasteiger partial charge on any atom is -0.294 e. The zero-order valence-corrected chi connectivity index (χ0v) is 7.50. The average Bonchev–Trinajstić information content (AvgIpc) is 2.16. The van der Waals surface area contributed by atoms with Gasteiger partial charge in [-0.15, -0.1) is 0 Å². The number of carbonyl (C=O) groups excluding carboxylic acids is 1. The Balaban J connectivity index is 3.04. The van der Waals surface area contributed by atoms with Crippen LogP contribution < -0.4 is 0 Å². The monoisotopic (exact) mass is 161 g/mol. The lowest BCUT2D eigenvalue weighted by Crippen LogP contribution is -2.00. The van der Waals surface area contributed by atoms with E-state index in [0.717, 1.165) is 11.1 Å². The molecule has 1 radical (unpaired) electrons. The van der Waals surface area contributed by atoms with Crippen molar-refractivity contribution in [2.75, 3.05) is 0 Å². The van der Waals surface area contributed by atoms with Gasteiger partial charge in [0.15, 0.2) is 5.78 Å². The summed E-state index contributed by atoms with van der Waals surface area (Å²) in [4.78, 5) is 11.4. The molecule has 1 rings (SSSR count). The van der Waals surface area contributed by atoms with Crippen LogP contribution in [0.2, 0.25) is 0 Å². The number of Topliss-reactive ketones (excluding diaryl/α,β-unsaturated/α-hetero) is 1. The Morgan fingerprint density at radius 1 is 1.42 bits per heavy atom. The molecule has 0 aliphatic carbocycles. The Morgan fingerprint density at radius 2 is 2.08 bits per heavy atom. The lowest BCUT2D eigenvalue weighted by Gasteiger charge is -2.03. The maximum atomic E-state index is 11.4. The number of hydrogen-bond donors (Lipinski definition) is 0. The highest BCUT2D eigenvalue weighted by Gasteiger charge is 2.06. The molecule has 0 fully saturated rings. The van der Waals surface area contributed by atoms with Gasteiger partial charge in [0, 0.05) is 12.0 Å². The van der Waals surface area contributed by atoms with Gasteiger partial charge in [-0.2, -0.15) is 0 Å². The largest absolute Gasteiger partial charge is 0.294 e. The molecule has 0 aromatic heterocycles. The molecular formula is C11H13O. The number of carbonyl (C=O) groups is 1. The highest BCUT2D eigenvalue weighted by molar-refractivity contribution is 5.97. The van der Waals surface area contributed by atoms with Crippen LogP contribution in [0.4, 0.5) is 0 Å². The van der Waals surface area contributed by atoms with Gasteiger partial charge < -0.3 is 0 Å². The molecule has 12 heavy (non-hydrogen) atoms. The van der Waals surface area contributed by atoms with E-state index < -0.39 is 0 Å². The summed E-state index contributed by atoms with van der Waals surface area (Å²) in [5, 5.41) is 0. The summed E-state index contributed by atoms with van der Waals surface area (Å²) in [6.07, 6.45) is 2.54. The number of ketones is 1. The quantitative estimate of drug-likeness (QED) is 0.623. The maximum absolute atomic E-state index is 11.4. The first kappa shape index (κ1) is 8.98. The minimum absolute atomic E-state index is 0.212. The standard InChI is InChI=1S/C11H13O/c1-3-9-7-5-6-8-10(9)11(12)4-2/h3,5-8H,4H2,1-2H3. The van der Waals surface area contributed by atoms with E-state index in [2.05, 4.69) is 0 Å². The van der Waals surface area contributed by atoms with Crippen LogP contribution in [-0.2, 0) is 0 Å². The van der Waals surface area contributed by atoms with Gasteiger partial charge in [-0.25, -0.2) is 0 Å². The fourth-order valence-corrected chi connectivity index (χ4v) is 1.19. The molecule has 63 valence electrons. The molecule has 1 aromatic carbocycles. The Labute approximate surface area is 73.4 Å². The van der Waals surface area contributed by atoms with Crippen molar-refractivity contribution in [2.45, 2.75) is 20.3 Å². The molecule has 1 aromatic rings. The first-order chi connectivity index (χ1) is 5.79. The summed E-state index contributed by atoms with van der Waals surface area (Å²) in [6, 6.07) is 7.68. The number of rotatable bonds is 3. The summed E-state index contributed by atoms with van der Waals surface area (Å²) in [7, 11) is 0. The Hall–Kier alpha value is -1.11.